The van der Waals surface area contributed by atoms with Crippen LogP contribution >= 0.6 is 0 Å². The summed E-state index contributed by atoms with van der Waals surface area (Å²) in [6.45, 7) is 14.1. The third-order valence-corrected chi connectivity index (χ3v) is 5.93. The van der Waals surface area contributed by atoms with Gasteiger partial charge in [-0.15, -0.1) is 0 Å². The standard InChI is InChI=1S/C15H30N2/c1-11-8-12(2)13(3)17(9-11)15(5,10-16)14(4)6-7-14/h11-13H,6-10,16H2,1-5H3. The summed E-state index contributed by atoms with van der Waals surface area (Å²) in [5.41, 5.74) is 6.84. The minimum atomic E-state index is 0.204. The molecule has 100 valence electrons. The summed E-state index contributed by atoms with van der Waals surface area (Å²) < 4.78 is 0. The van der Waals surface area contributed by atoms with Gasteiger partial charge in [-0.05, 0) is 50.4 Å². The smallest absolute Gasteiger partial charge is 0.0360 e. The van der Waals surface area contributed by atoms with Crippen LogP contribution in [0, 0.1) is 17.3 Å². The molecule has 2 aliphatic rings. The molecule has 1 saturated carbocycles. The third-order valence-electron chi connectivity index (χ3n) is 5.93. The minimum Gasteiger partial charge on any atom is -0.329 e. The Labute approximate surface area is 107 Å². The van der Waals surface area contributed by atoms with Crippen molar-refractivity contribution in [3.63, 3.8) is 0 Å². The summed E-state index contributed by atoms with van der Waals surface area (Å²) in [6, 6.07) is 0.678. The molecule has 0 aromatic rings. The van der Waals surface area contributed by atoms with Crippen LogP contribution in [-0.2, 0) is 0 Å². The molecule has 4 atom stereocenters. The van der Waals surface area contributed by atoms with E-state index in [0.717, 1.165) is 18.4 Å². The van der Waals surface area contributed by atoms with E-state index in [2.05, 4.69) is 39.5 Å². The SMILES string of the molecule is CC1CC(C)C(C)N(C(C)(CN)C2(C)CC2)C1. The Kier molecular flexibility index (Phi) is 3.33. The van der Waals surface area contributed by atoms with Crippen LogP contribution < -0.4 is 5.73 Å². The minimum absolute atomic E-state index is 0.204. The van der Waals surface area contributed by atoms with Crippen molar-refractivity contribution in [1.29, 1.82) is 0 Å². The molecule has 0 aromatic heterocycles. The van der Waals surface area contributed by atoms with E-state index < -0.39 is 0 Å². The molecular formula is C15H30N2. The highest BCUT2D eigenvalue weighted by Gasteiger charge is 2.56. The zero-order valence-electron chi connectivity index (χ0n) is 12.3. The highest BCUT2D eigenvalue weighted by molar-refractivity contribution is 5.11. The van der Waals surface area contributed by atoms with Crippen molar-refractivity contribution in [3.05, 3.63) is 0 Å². The van der Waals surface area contributed by atoms with E-state index in [9.17, 15) is 0 Å². The van der Waals surface area contributed by atoms with E-state index >= 15 is 0 Å². The van der Waals surface area contributed by atoms with Crippen molar-refractivity contribution in [2.75, 3.05) is 13.1 Å². The topological polar surface area (TPSA) is 29.3 Å². The lowest BCUT2D eigenvalue weighted by atomic mass is 9.76. The summed E-state index contributed by atoms with van der Waals surface area (Å²) in [5.74, 6) is 1.61. The molecule has 2 heteroatoms. The van der Waals surface area contributed by atoms with E-state index in [1.807, 2.05) is 0 Å². The number of rotatable bonds is 3. The Morgan fingerprint density at radius 2 is 1.88 bits per heavy atom. The highest BCUT2D eigenvalue weighted by Crippen LogP contribution is 2.56. The molecule has 2 nitrogen and oxygen atoms in total. The molecule has 0 bridgehead atoms. The summed E-state index contributed by atoms with van der Waals surface area (Å²) in [5, 5.41) is 0. The van der Waals surface area contributed by atoms with Crippen LogP contribution in [0.5, 0.6) is 0 Å². The third kappa shape index (κ3) is 2.04. The fourth-order valence-electron chi connectivity index (χ4n) is 3.80. The zero-order valence-corrected chi connectivity index (χ0v) is 12.3. The van der Waals surface area contributed by atoms with Gasteiger partial charge in [-0.25, -0.2) is 0 Å². The maximum Gasteiger partial charge on any atom is 0.0360 e. The molecule has 2 rings (SSSR count). The molecular weight excluding hydrogens is 208 g/mol. The molecule has 1 saturated heterocycles. The maximum atomic E-state index is 6.18. The van der Waals surface area contributed by atoms with Crippen molar-refractivity contribution in [1.82, 2.24) is 4.90 Å². The van der Waals surface area contributed by atoms with Gasteiger partial charge in [-0.2, -0.15) is 0 Å². The molecule has 0 amide bonds. The fourth-order valence-corrected chi connectivity index (χ4v) is 3.80. The summed E-state index contributed by atoms with van der Waals surface area (Å²) in [4.78, 5) is 2.73. The van der Waals surface area contributed by atoms with Crippen LogP contribution in [-0.4, -0.2) is 29.6 Å². The summed E-state index contributed by atoms with van der Waals surface area (Å²) in [7, 11) is 0. The Morgan fingerprint density at radius 1 is 1.29 bits per heavy atom. The maximum absolute atomic E-state index is 6.18. The average molecular weight is 238 g/mol. The molecule has 1 aliphatic carbocycles. The molecule has 0 spiro atoms. The van der Waals surface area contributed by atoms with Crippen LogP contribution in [0.25, 0.3) is 0 Å². The van der Waals surface area contributed by atoms with E-state index in [1.165, 1.54) is 25.8 Å². The number of hydrogen-bond donors (Lipinski definition) is 1. The Hall–Kier alpha value is -0.0800. The van der Waals surface area contributed by atoms with E-state index in [-0.39, 0.29) is 5.54 Å². The molecule has 2 N–H and O–H groups in total. The molecule has 2 fully saturated rings. The molecule has 0 radical (unpaired) electrons. The van der Waals surface area contributed by atoms with Gasteiger partial charge < -0.3 is 5.73 Å². The highest BCUT2D eigenvalue weighted by atomic mass is 15.3. The van der Waals surface area contributed by atoms with E-state index in [0.29, 0.717) is 11.5 Å². The van der Waals surface area contributed by atoms with Gasteiger partial charge in [-0.3, -0.25) is 4.90 Å². The molecule has 1 heterocycles. The van der Waals surface area contributed by atoms with Crippen LogP contribution in [0.2, 0.25) is 0 Å². The second-order valence-electron chi connectivity index (χ2n) is 7.25. The van der Waals surface area contributed by atoms with Gasteiger partial charge in [0, 0.05) is 24.7 Å². The molecule has 0 aromatic carbocycles. The fraction of sp³-hybridized carbons (Fsp3) is 1.00. The molecule has 17 heavy (non-hydrogen) atoms. The lowest BCUT2D eigenvalue weighted by molar-refractivity contribution is -0.0416. The summed E-state index contributed by atoms with van der Waals surface area (Å²) >= 11 is 0. The van der Waals surface area contributed by atoms with Crippen molar-refractivity contribution in [2.24, 2.45) is 23.0 Å². The summed E-state index contributed by atoms with van der Waals surface area (Å²) in [6.07, 6.45) is 4.08. The first-order valence-electron chi connectivity index (χ1n) is 7.31. The monoisotopic (exact) mass is 238 g/mol. The zero-order chi connectivity index (χ0) is 12.8. The number of hydrogen-bond acceptors (Lipinski definition) is 2. The second kappa shape index (κ2) is 4.24. The Morgan fingerprint density at radius 3 is 2.35 bits per heavy atom. The van der Waals surface area contributed by atoms with Crippen LogP contribution in [0.4, 0.5) is 0 Å². The quantitative estimate of drug-likeness (QED) is 0.819. The lowest BCUT2D eigenvalue weighted by Gasteiger charge is -2.54. The van der Waals surface area contributed by atoms with Gasteiger partial charge in [0.05, 0.1) is 0 Å². The van der Waals surface area contributed by atoms with E-state index in [4.69, 9.17) is 5.73 Å². The first-order chi connectivity index (χ1) is 7.84. The predicted molar refractivity (Wildman–Crippen MR) is 73.9 cm³/mol. The number of likely N-dealkylation sites (tertiary alicyclic amines) is 1. The normalized spacial score (nSPS) is 40.9. The second-order valence-corrected chi connectivity index (χ2v) is 7.25. The van der Waals surface area contributed by atoms with Gasteiger partial charge in [-0.1, -0.05) is 20.8 Å². The number of nitrogens with zero attached hydrogens (tertiary/aromatic N) is 1. The molecule has 4 unspecified atom stereocenters. The number of nitrogens with two attached hydrogens (primary N) is 1. The van der Waals surface area contributed by atoms with Gasteiger partial charge in [0.25, 0.3) is 0 Å². The first kappa shape index (κ1) is 13.4. The first-order valence-corrected chi connectivity index (χ1v) is 7.31. The van der Waals surface area contributed by atoms with Crippen LogP contribution in [0.3, 0.4) is 0 Å². The Balaban J connectivity index is 2.23. The van der Waals surface area contributed by atoms with Crippen LogP contribution in [0.15, 0.2) is 0 Å². The lowest BCUT2D eigenvalue weighted by Crippen LogP contribution is -2.63. The van der Waals surface area contributed by atoms with Gasteiger partial charge >= 0.3 is 0 Å². The van der Waals surface area contributed by atoms with Gasteiger partial charge in [0.1, 0.15) is 0 Å². The van der Waals surface area contributed by atoms with Crippen molar-refractivity contribution in [3.8, 4) is 0 Å². The number of piperidine rings is 1. The van der Waals surface area contributed by atoms with Crippen molar-refractivity contribution >= 4 is 0 Å². The average Bonchev–Trinajstić information content (AvgIpc) is 3.02. The molecule has 1 aliphatic heterocycles. The van der Waals surface area contributed by atoms with Crippen LogP contribution in [0.1, 0.15) is 53.9 Å². The Bertz CT molecular complexity index is 285. The van der Waals surface area contributed by atoms with Crippen molar-refractivity contribution in [2.45, 2.75) is 65.5 Å². The largest absolute Gasteiger partial charge is 0.329 e. The van der Waals surface area contributed by atoms with Gasteiger partial charge in [0.15, 0.2) is 0 Å². The van der Waals surface area contributed by atoms with Crippen molar-refractivity contribution < 1.29 is 0 Å². The predicted octanol–water partition coefficient (Wildman–Crippen LogP) is 2.87. The van der Waals surface area contributed by atoms with Gasteiger partial charge in [0.2, 0.25) is 0 Å². The van der Waals surface area contributed by atoms with E-state index in [1.54, 1.807) is 0 Å².